The lowest BCUT2D eigenvalue weighted by Gasteiger charge is -2.20. The summed E-state index contributed by atoms with van der Waals surface area (Å²) in [4.78, 5) is 33.7. The van der Waals surface area contributed by atoms with Crippen molar-refractivity contribution in [3.05, 3.63) is 85.1 Å². The number of aliphatic carboxylic acids is 1. The smallest absolute Gasteiger partial charge is 0.472 e. The van der Waals surface area contributed by atoms with E-state index in [1.807, 2.05) is 0 Å². The number of carbonyl (C=O) groups excluding carboxylic acids is 1. The van der Waals surface area contributed by atoms with E-state index in [0.29, 0.717) is 13.0 Å². The molecule has 3 unspecified atom stereocenters. The van der Waals surface area contributed by atoms with Crippen LogP contribution >= 0.6 is 7.82 Å². The van der Waals surface area contributed by atoms with Gasteiger partial charge in [0.25, 0.3) is 0 Å². The third-order valence-corrected chi connectivity index (χ3v) is 11.4. The second-order valence-electron chi connectivity index (χ2n) is 16.6. The standard InChI is InChI=1S/C53H92NO9P/c1-3-5-7-9-11-13-15-17-19-21-23-24-25-26-27-28-30-32-34-36-38-40-42-44-46-60-47-50(48-61-64(58,59)62-49-51(54)53(56)57)63-52(55)45-43-41-39-37-35-33-31-29-22-20-18-16-14-12-10-8-6-4-2/h5,7,11,13,17,19-20,22-24,26-27,30,32,50-51H,3-4,6,8-10,12,14-16,18,21,25,28-29,31,33-49,54H2,1-2H3,(H,56,57)(H,58,59)/b7-5-,13-11-,19-17-,22-20-,24-23-,27-26-,32-30-. The maximum absolute atomic E-state index is 12.7. The fourth-order valence-corrected chi connectivity index (χ4v) is 7.32. The van der Waals surface area contributed by atoms with Crippen LogP contribution in [0.15, 0.2) is 85.1 Å². The van der Waals surface area contributed by atoms with E-state index in [2.05, 4.69) is 98.9 Å². The number of phosphoric acid groups is 1. The Labute approximate surface area is 390 Å². The van der Waals surface area contributed by atoms with Crippen molar-refractivity contribution >= 4 is 19.8 Å². The van der Waals surface area contributed by atoms with Gasteiger partial charge in [-0.3, -0.25) is 18.6 Å². The molecule has 368 valence electrons. The molecular formula is C53H92NO9P. The molecule has 0 spiro atoms. The summed E-state index contributed by atoms with van der Waals surface area (Å²) in [6, 6.07) is -1.48. The summed E-state index contributed by atoms with van der Waals surface area (Å²) in [7, 11) is -4.63. The van der Waals surface area contributed by atoms with Gasteiger partial charge in [0.2, 0.25) is 0 Å². The molecule has 10 nitrogen and oxygen atoms in total. The average Bonchev–Trinajstić information content (AvgIpc) is 3.28. The number of esters is 1. The van der Waals surface area contributed by atoms with Gasteiger partial charge < -0.3 is 25.2 Å². The van der Waals surface area contributed by atoms with Crippen molar-refractivity contribution in [1.29, 1.82) is 0 Å². The summed E-state index contributed by atoms with van der Waals surface area (Å²) < 4.78 is 33.5. The van der Waals surface area contributed by atoms with Crippen LogP contribution in [0.1, 0.15) is 200 Å². The molecule has 0 aliphatic rings. The Morgan fingerprint density at radius 2 is 0.906 bits per heavy atom. The lowest BCUT2D eigenvalue weighted by Crippen LogP contribution is -2.34. The van der Waals surface area contributed by atoms with E-state index in [1.54, 1.807) is 0 Å². The van der Waals surface area contributed by atoms with E-state index >= 15 is 0 Å². The number of phosphoric ester groups is 1. The van der Waals surface area contributed by atoms with Crippen molar-refractivity contribution in [2.45, 2.75) is 212 Å². The van der Waals surface area contributed by atoms with E-state index < -0.39 is 45.1 Å². The highest BCUT2D eigenvalue weighted by Gasteiger charge is 2.27. The van der Waals surface area contributed by atoms with Gasteiger partial charge >= 0.3 is 19.8 Å². The van der Waals surface area contributed by atoms with Crippen molar-refractivity contribution < 1.29 is 42.7 Å². The first-order chi connectivity index (χ1) is 31.2. The number of unbranched alkanes of at least 4 members (excludes halogenated alkanes) is 19. The predicted octanol–water partition coefficient (Wildman–Crippen LogP) is 14.7. The molecule has 0 saturated carbocycles. The minimum Gasteiger partial charge on any atom is -0.480 e. The summed E-state index contributed by atoms with van der Waals surface area (Å²) in [5, 5.41) is 8.93. The van der Waals surface area contributed by atoms with Crippen LogP contribution in [-0.4, -0.2) is 60.5 Å². The Kier molecular flexibility index (Phi) is 46.0. The van der Waals surface area contributed by atoms with Gasteiger partial charge in [-0.15, -0.1) is 0 Å². The van der Waals surface area contributed by atoms with Crippen molar-refractivity contribution in [2.24, 2.45) is 5.73 Å². The molecule has 0 aliphatic heterocycles. The Morgan fingerprint density at radius 1 is 0.516 bits per heavy atom. The third kappa shape index (κ3) is 47.1. The van der Waals surface area contributed by atoms with Gasteiger partial charge in [0.15, 0.2) is 0 Å². The van der Waals surface area contributed by atoms with Gasteiger partial charge in [-0.2, -0.15) is 0 Å². The number of rotatable bonds is 47. The van der Waals surface area contributed by atoms with Crippen LogP contribution < -0.4 is 5.73 Å². The topological polar surface area (TPSA) is 155 Å². The Balaban J connectivity index is 4.23. The first-order valence-electron chi connectivity index (χ1n) is 25.1. The largest absolute Gasteiger partial charge is 0.480 e. The summed E-state index contributed by atoms with van der Waals surface area (Å²) in [6.07, 6.45) is 62.1. The summed E-state index contributed by atoms with van der Waals surface area (Å²) in [5.41, 5.74) is 5.37. The molecule has 0 bridgehead atoms. The average molecular weight is 918 g/mol. The summed E-state index contributed by atoms with van der Waals surface area (Å²) >= 11 is 0. The number of carbonyl (C=O) groups is 2. The van der Waals surface area contributed by atoms with Gasteiger partial charge in [0.05, 0.1) is 19.8 Å². The zero-order chi connectivity index (χ0) is 46.9. The van der Waals surface area contributed by atoms with Crippen LogP contribution in [0.25, 0.3) is 0 Å². The Hall–Kier alpha value is -2.85. The lowest BCUT2D eigenvalue weighted by molar-refractivity contribution is -0.154. The Morgan fingerprint density at radius 3 is 1.38 bits per heavy atom. The number of hydrogen-bond acceptors (Lipinski definition) is 8. The highest BCUT2D eigenvalue weighted by atomic mass is 31.2. The fourth-order valence-electron chi connectivity index (χ4n) is 6.54. The molecule has 0 radical (unpaired) electrons. The maximum Gasteiger partial charge on any atom is 0.472 e. The molecule has 0 aromatic rings. The molecule has 11 heteroatoms. The van der Waals surface area contributed by atoms with Gasteiger partial charge in [0.1, 0.15) is 12.1 Å². The van der Waals surface area contributed by atoms with Crippen molar-refractivity contribution in [3.63, 3.8) is 0 Å². The molecule has 0 amide bonds. The molecule has 0 aromatic heterocycles. The monoisotopic (exact) mass is 918 g/mol. The molecular weight excluding hydrogens is 826 g/mol. The quantitative estimate of drug-likeness (QED) is 0.0233. The highest BCUT2D eigenvalue weighted by molar-refractivity contribution is 7.47. The van der Waals surface area contributed by atoms with Crippen LogP contribution in [0.2, 0.25) is 0 Å². The maximum atomic E-state index is 12.7. The first-order valence-corrected chi connectivity index (χ1v) is 26.6. The number of nitrogens with two attached hydrogens (primary N) is 1. The van der Waals surface area contributed by atoms with Crippen LogP contribution in [0.5, 0.6) is 0 Å². The molecule has 0 saturated heterocycles. The van der Waals surface area contributed by atoms with Crippen LogP contribution in [0, 0.1) is 0 Å². The fraction of sp³-hybridized carbons (Fsp3) is 0.698. The van der Waals surface area contributed by atoms with E-state index in [-0.39, 0.29) is 13.0 Å². The molecule has 0 heterocycles. The SMILES string of the molecule is CC/C=C\C/C=C\C/C=C\C/C=C\C/C=C\C/C=C\CCCCCCCOCC(COP(=O)(O)OCC(N)C(=O)O)OC(=O)CCCCCCCCC/C=C\CCCCCCCCC. The zero-order valence-electron chi connectivity index (χ0n) is 40.3. The van der Waals surface area contributed by atoms with Crippen LogP contribution in [0.4, 0.5) is 0 Å². The zero-order valence-corrected chi connectivity index (χ0v) is 41.2. The molecule has 4 N–H and O–H groups in total. The minimum absolute atomic E-state index is 0.00260. The molecule has 0 fully saturated rings. The van der Waals surface area contributed by atoms with E-state index in [0.717, 1.165) is 103 Å². The molecule has 64 heavy (non-hydrogen) atoms. The van der Waals surface area contributed by atoms with Crippen LogP contribution in [0.3, 0.4) is 0 Å². The molecule has 0 rings (SSSR count). The Bertz CT molecular complexity index is 1340. The van der Waals surface area contributed by atoms with Gasteiger partial charge in [-0.1, -0.05) is 189 Å². The second-order valence-corrected chi connectivity index (χ2v) is 18.0. The van der Waals surface area contributed by atoms with Crippen LogP contribution in [-0.2, 0) is 32.7 Å². The summed E-state index contributed by atoms with van der Waals surface area (Å²) in [5.74, 6) is -1.80. The molecule has 0 aliphatic carbocycles. The number of hydrogen-bond donors (Lipinski definition) is 3. The molecule has 3 atom stereocenters. The second kappa shape index (κ2) is 48.1. The van der Waals surface area contributed by atoms with Crippen molar-refractivity contribution in [1.82, 2.24) is 0 Å². The van der Waals surface area contributed by atoms with Crippen molar-refractivity contribution in [3.8, 4) is 0 Å². The summed E-state index contributed by atoms with van der Waals surface area (Å²) in [6.45, 7) is 3.72. The van der Waals surface area contributed by atoms with Crippen molar-refractivity contribution in [2.75, 3.05) is 26.4 Å². The normalized spacial score (nSPS) is 14.4. The van der Waals surface area contributed by atoms with Gasteiger partial charge in [-0.25, -0.2) is 4.57 Å². The van der Waals surface area contributed by atoms with Gasteiger partial charge in [-0.05, 0) is 89.9 Å². The third-order valence-electron chi connectivity index (χ3n) is 10.4. The van der Waals surface area contributed by atoms with E-state index in [1.165, 1.54) is 70.6 Å². The lowest BCUT2D eigenvalue weighted by atomic mass is 10.1. The van der Waals surface area contributed by atoms with E-state index in [9.17, 15) is 19.0 Å². The molecule has 0 aromatic carbocycles. The van der Waals surface area contributed by atoms with E-state index in [4.69, 9.17) is 29.4 Å². The first kappa shape index (κ1) is 61.1. The number of ether oxygens (including phenoxy) is 2. The number of carboxylic acid groups (broad SMARTS) is 1. The number of carboxylic acids is 1. The predicted molar refractivity (Wildman–Crippen MR) is 267 cm³/mol. The van der Waals surface area contributed by atoms with Gasteiger partial charge in [0, 0.05) is 13.0 Å². The minimum atomic E-state index is -4.63. The highest BCUT2D eigenvalue weighted by Crippen LogP contribution is 2.43. The number of allylic oxidation sites excluding steroid dienone is 14.